The Bertz CT molecular complexity index is 504. The molecular weight excluding hydrogens is 383 g/mol. The number of nitrogens with zero attached hydrogens (tertiary/aromatic N) is 3. The maximum atomic E-state index is 11.9. The van der Waals surface area contributed by atoms with E-state index in [4.69, 9.17) is 4.74 Å². The van der Waals surface area contributed by atoms with Gasteiger partial charge in [-0.25, -0.2) is 14.8 Å². The summed E-state index contributed by atoms with van der Waals surface area (Å²) >= 11 is 2.23. The molecule has 6 nitrogen and oxygen atoms in total. The number of anilines is 1. The summed E-state index contributed by atoms with van der Waals surface area (Å²) in [6.45, 7) is 7.28. The molecule has 0 aromatic carbocycles. The summed E-state index contributed by atoms with van der Waals surface area (Å²) in [5.41, 5.74) is -0.472. The number of hydrogen-bond donors (Lipinski definition) is 1. The second kappa shape index (κ2) is 6.76. The third kappa shape index (κ3) is 4.98. The van der Waals surface area contributed by atoms with E-state index < -0.39 is 5.60 Å². The van der Waals surface area contributed by atoms with Gasteiger partial charge in [-0.3, -0.25) is 0 Å². The minimum absolute atomic E-state index is 0.0827. The molecule has 1 fully saturated rings. The topological polar surface area (TPSA) is 67.3 Å². The molecule has 2 rings (SSSR count). The molecular formula is C14H21IN4O2. The summed E-state index contributed by atoms with van der Waals surface area (Å²) in [6, 6.07) is 0.0827. The van der Waals surface area contributed by atoms with E-state index in [1.807, 2.05) is 20.8 Å². The second-order valence-corrected chi connectivity index (χ2v) is 7.29. The van der Waals surface area contributed by atoms with Crippen molar-refractivity contribution in [2.24, 2.45) is 0 Å². The highest BCUT2D eigenvalue weighted by atomic mass is 127. The Morgan fingerprint density at radius 2 is 2.29 bits per heavy atom. The Morgan fingerprint density at radius 3 is 2.95 bits per heavy atom. The van der Waals surface area contributed by atoms with Crippen LogP contribution in [0.3, 0.4) is 0 Å². The molecule has 0 aliphatic carbocycles. The Morgan fingerprint density at radius 1 is 1.52 bits per heavy atom. The van der Waals surface area contributed by atoms with Crippen molar-refractivity contribution in [1.82, 2.24) is 15.3 Å². The summed E-state index contributed by atoms with van der Waals surface area (Å²) in [4.78, 5) is 22.4. The van der Waals surface area contributed by atoms with Crippen molar-refractivity contribution in [2.75, 3.05) is 18.0 Å². The van der Waals surface area contributed by atoms with Crippen LogP contribution in [0.5, 0.6) is 0 Å². The molecule has 1 aliphatic rings. The average molecular weight is 404 g/mol. The van der Waals surface area contributed by atoms with Crippen LogP contribution >= 0.6 is 22.6 Å². The van der Waals surface area contributed by atoms with Crippen LogP contribution in [-0.2, 0) is 4.74 Å². The van der Waals surface area contributed by atoms with Gasteiger partial charge >= 0.3 is 6.09 Å². The lowest BCUT2D eigenvalue weighted by molar-refractivity contribution is 0.0500. The van der Waals surface area contributed by atoms with Gasteiger partial charge in [-0.2, -0.15) is 0 Å². The fourth-order valence-corrected chi connectivity index (χ4v) is 2.94. The number of rotatable bonds is 2. The minimum Gasteiger partial charge on any atom is -0.444 e. The summed E-state index contributed by atoms with van der Waals surface area (Å²) in [5.74, 6) is 0.932. The van der Waals surface area contributed by atoms with Gasteiger partial charge in [0.25, 0.3) is 0 Å². The molecule has 21 heavy (non-hydrogen) atoms. The van der Waals surface area contributed by atoms with Gasteiger partial charge in [-0.1, -0.05) is 0 Å². The molecule has 0 saturated carbocycles. The number of aromatic nitrogens is 2. The first kappa shape index (κ1) is 16.3. The first-order valence-corrected chi connectivity index (χ1v) is 8.13. The minimum atomic E-state index is -0.472. The molecule has 1 aromatic heterocycles. The van der Waals surface area contributed by atoms with Gasteiger partial charge in [0.05, 0.1) is 3.57 Å². The molecule has 0 spiro atoms. The highest BCUT2D eigenvalue weighted by Crippen LogP contribution is 2.22. The van der Waals surface area contributed by atoms with Crippen LogP contribution < -0.4 is 10.2 Å². The lowest BCUT2D eigenvalue weighted by Gasteiger charge is -2.34. The number of alkyl carbamates (subject to hydrolysis) is 1. The van der Waals surface area contributed by atoms with Gasteiger partial charge in [0.1, 0.15) is 17.7 Å². The number of hydrogen-bond acceptors (Lipinski definition) is 5. The predicted octanol–water partition coefficient (Wildman–Crippen LogP) is 2.57. The molecule has 1 aliphatic heterocycles. The van der Waals surface area contributed by atoms with Crippen molar-refractivity contribution in [3.63, 3.8) is 0 Å². The first-order valence-electron chi connectivity index (χ1n) is 7.05. The van der Waals surface area contributed by atoms with E-state index in [9.17, 15) is 4.79 Å². The van der Waals surface area contributed by atoms with Gasteiger partial charge in [-0.05, 0) is 56.2 Å². The summed E-state index contributed by atoms with van der Waals surface area (Å²) < 4.78 is 6.33. The summed E-state index contributed by atoms with van der Waals surface area (Å²) in [5, 5.41) is 2.95. The fraction of sp³-hybridized carbons (Fsp3) is 0.643. The number of halogens is 1. The Kier molecular flexibility index (Phi) is 5.23. The zero-order valence-electron chi connectivity index (χ0n) is 12.6. The maximum absolute atomic E-state index is 11.9. The van der Waals surface area contributed by atoms with E-state index in [1.54, 1.807) is 12.5 Å². The number of amides is 1. The smallest absolute Gasteiger partial charge is 0.407 e. The number of piperidine rings is 1. The van der Waals surface area contributed by atoms with Crippen LogP contribution in [0.25, 0.3) is 0 Å². The third-order valence-corrected chi connectivity index (χ3v) is 3.85. The molecule has 1 N–H and O–H groups in total. The molecule has 7 heteroatoms. The Balaban J connectivity index is 1.95. The molecule has 0 radical (unpaired) electrons. The normalized spacial score (nSPS) is 19.2. The lowest BCUT2D eigenvalue weighted by Crippen LogP contribution is -2.49. The molecule has 2 heterocycles. The molecule has 0 bridgehead atoms. The standard InChI is InChI=1S/C14H21IN4O2/c1-14(2,3)21-13(20)18-10-5-4-6-19(8-10)12-11(15)7-16-9-17-12/h7,9-10H,4-6,8H2,1-3H3,(H,18,20)/t10-/m0/s1. The van der Waals surface area contributed by atoms with Crippen molar-refractivity contribution >= 4 is 34.5 Å². The molecule has 1 aromatic rings. The van der Waals surface area contributed by atoms with Crippen LogP contribution in [-0.4, -0.2) is 40.8 Å². The van der Waals surface area contributed by atoms with E-state index in [0.29, 0.717) is 0 Å². The zero-order chi connectivity index (χ0) is 15.5. The van der Waals surface area contributed by atoms with Gasteiger partial charge in [0.15, 0.2) is 0 Å². The highest BCUT2D eigenvalue weighted by Gasteiger charge is 2.25. The van der Waals surface area contributed by atoms with E-state index >= 15 is 0 Å². The number of carbonyl (C=O) groups is 1. The zero-order valence-corrected chi connectivity index (χ0v) is 14.8. The third-order valence-electron chi connectivity index (χ3n) is 3.09. The Hall–Kier alpha value is -1.12. The molecule has 1 saturated heterocycles. The van der Waals surface area contributed by atoms with Crippen LogP contribution in [0.2, 0.25) is 0 Å². The van der Waals surface area contributed by atoms with Crippen molar-refractivity contribution in [2.45, 2.75) is 45.3 Å². The fourth-order valence-electron chi connectivity index (χ4n) is 2.30. The quantitative estimate of drug-likeness (QED) is 0.768. The summed E-state index contributed by atoms with van der Waals surface area (Å²) in [6.07, 6.45) is 4.97. The van der Waals surface area contributed by atoms with Crippen LogP contribution in [0, 0.1) is 3.57 Å². The monoisotopic (exact) mass is 404 g/mol. The number of carbonyl (C=O) groups excluding carboxylic acids is 1. The lowest BCUT2D eigenvalue weighted by atomic mass is 10.1. The SMILES string of the molecule is CC(C)(C)OC(=O)N[C@H]1CCCN(c2ncncc2I)C1. The van der Waals surface area contributed by atoms with Crippen molar-refractivity contribution in [3.8, 4) is 0 Å². The summed E-state index contributed by atoms with van der Waals surface area (Å²) in [7, 11) is 0. The molecule has 0 unspecified atom stereocenters. The molecule has 116 valence electrons. The first-order chi connectivity index (χ1) is 9.85. The van der Waals surface area contributed by atoms with Gasteiger partial charge < -0.3 is 15.0 Å². The number of nitrogens with one attached hydrogen (secondary N) is 1. The molecule has 1 amide bonds. The van der Waals surface area contributed by atoms with Crippen molar-refractivity contribution in [3.05, 3.63) is 16.1 Å². The van der Waals surface area contributed by atoms with Crippen LogP contribution in [0.4, 0.5) is 10.6 Å². The van der Waals surface area contributed by atoms with Crippen LogP contribution in [0.1, 0.15) is 33.6 Å². The van der Waals surface area contributed by atoms with Gasteiger partial charge in [0.2, 0.25) is 0 Å². The average Bonchev–Trinajstić information content (AvgIpc) is 2.37. The van der Waals surface area contributed by atoms with Gasteiger partial charge in [-0.15, -0.1) is 0 Å². The Labute approximate surface area is 138 Å². The predicted molar refractivity (Wildman–Crippen MR) is 89.4 cm³/mol. The van der Waals surface area contributed by atoms with Crippen molar-refractivity contribution < 1.29 is 9.53 Å². The second-order valence-electron chi connectivity index (χ2n) is 6.13. The number of ether oxygens (including phenoxy) is 1. The van der Waals surface area contributed by atoms with Crippen molar-refractivity contribution in [1.29, 1.82) is 0 Å². The van der Waals surface area contributed by atoms with Crippen LogP contribution in [0.15, 0.2) is 12.5 Å². The molecule has 1 atom stereocenters. The van der Waals surface area contributed by atoms with E-state index in [0.717, 1.165) is 35.3 Å². The highest BCUT2D eigenvalue weighted by molar-refractivity contribution is 14.1. The maximum Gasteiger partial charge on any atom is 0.407 e. The van der Waals surface area contributed by atoms with E-state index in [2.05, 4.69) is 42.8 Å². The largest absolute Gasteiger partial charge is 0.444 e. The van der Waals surface area contributed by atoms with E-state index in [1.165, 1.54) is 0 Å². The van der Waals surface area contributed by atoms with E-state index in [-0.39, 0.29) is 12.1 Å². The van der Waals surface area contributed by atoms with Gasteiger partial charge in [0, 0.05) is 25.3 Å².